The summed E-state index contributed by atoms with van der Waals surface area (Å²) in [5.41, 5.74) is 8.14. The first kappa shape index (κ1) is 23.0. The largest absolute Gasteiger partial charge is 0.310 e. The molecule has 0 aliphatic carbocycles. The van der Waals surface area contributed by atoms with Gasteiger partial charge in [0.05, 0.1) is 5.69 Å². The van der Waals surface area contributed by atoms with Crippen molar-refractivity contribution in [2.24, 2.45) is 0 Å². The Morgan fingerprint density at radius 1 is 0.618 bits per heavy atom. The number of hydrogen-bond donors (Lipinski definition) is 0. The Morgan fingerprint density at radius 2 is 1.18 bits per heavy atom. The van der Waals surface area contributed by atoms with Gasteiger partial charge in [-0.2, -0.15) is 0 Å². The number of thiophene rings is 1. The molecule has 1 heterocycles. The third-order valence-corrected chi connectivity index (χ3v) is 6.42. The van der Waals surface area contributed by atoms with Gasteiger partial charge in [0.2, 0.25) is 0 Å². The topological polar surface area (TPSA) is 20.3 Å². The van der Waals surface area contributed by atoms with Gasteiger partial charge in [0, 0.05) is 21.8 Å². The quantitative estimate of drug-likeness (QED) is 0.252. The molecule has 0 saturated heterocycles. The third-order valence-electron chi connectivity index (χ3n) is 5.54. The predicted octanol–water partition coefficient (Wildman–Crippen LogP) is 9.01. The van der Waals surface area contributed by atoms with E-state index >= 15 is 0 Å². The van der Waals surface area contributed by atoms with Gasteiger partial charge in [-0.05, 0) is 58.5 Å². The minimum atomic E-state index is 1.13. The molecule has 0 unspecified atom stereocenters. The molecule has 0 amide bonds. The molecule has 0 saturated carbocycles. The summed E-state index contributed by atoms with van der Waals surface area (Å²) in [4.78, 5) is 11.6. The normalized spacial score (nSPS) is 10.1. The average Bonchev–Trinajstić information content (AvgIpc) is 3.46. The summed E-state index contributed by atoms with van der Waals surface area (Å²) >= 11 is 1.77. The lowest BCUT2D eigenvalue weighted by Gasteiger charge is -2.29. The lowest BCUT2D eigenvalue weighted by atomic mass is 9.91. The Morgan fingerprint density at radius 3 is 1.68 bits per heavy atom. The van der Waals surface area contributed by atoms with Crippen LogP contribution in [0.2, 0.25) is 0 Å². The molecule has 166 valence electrons. The van der Waals surface area contributed by atoms with Gasteiger partial charge < -0.3 is 9.69 Å². The minimum Gasteiger partial charge on any atom is -0.310 e. The van der Waals surface area contributed by atoms with Crippen LogP contribution >= 0.6 is 11.3 Å². The maximum atomic E-state index is 8.00. The van der Waals surface area contributed by atoms with Crippen molar-refractivity contribution in [2.45, 2.75) is 0 Å². The second-order valence-corrected chi connectivity index (χ2v) is 8.43. The fraction of sp³-hybridized carbons (Fsp3) is 0. The Labute approximate surface area is 205 Å². The molecule has 0 N–H and O–H groups in total. The molecule has 0 atom stereocenters. The zero-order valence-electron chi connectivity index (χ0n) is 18.8. The highest BCUT2D eigenvalue weighted by Gasteiger charge is 2.22. The Balaban J connectivity index is 0.00000133. The molecule has 0 spiro atoms. The first-order chi connectivity index (χ1) is 16.9. The van der Waals surface area contributed by atoms with Gasteiger partial charge >= 0.3 is 0 Å². The molecule has 2 nitrogen and oxygen atoms in total. The number of carbonyl (C=O) groups is 1. The van der Waals surface area contributed by atoms with Crippen LogP contribution in [0.4, 0.5) is 17.1 Å². The predicted molar refractivity (Wildman–Crippen MR) is 147 cm³/mol. The summed E-state index contributed by atoms with van der Waals surface area (Å²) in [6.07, 6.45) is 1.96. The molecule has 3 heteroatoms. The van der Waals surface area contributed by atoms with Gasteiger partial charge in [-0.1, -0.05) is 91.5 Å². The number of hydrogen-bond acceptors (Lipinski definition) is 3. The summed E-state index contributed by atoms with van der Waals surface area (Å²) in [5.74, 6) is 0. The number of nitrogens with zero attached hydrogens (tertiary/aromatic N) is 1. The maximum absolute atomic E-state index is 8.00. The molecule has 0 fully saturated rings. The number of anilines is 3. The molecule has 0 bridgehead atoms. The molecular formula is C31H25NOS. The van der Waals surface area contributed by atoms with Crippen LogP contribution in [0, 0.1) is 0 Å². The molecule has 0 radical (unpaired) electrons. The second-order valence-electron chi connectivity index (χ2n) is 7.48. The van der Waals surface area contributed by atoms with E-state index < -0.39 is 0 Å². The summed E-state index contributed by atoms with van der Waals surface area (Å²) in [5, 5.41) is 2.14. The van der Waals surface area contributed by atoms with E-state index in [-0.39, 0.29) is 0 Å². The van der Waals surface area contributed by atoms with E-state index in [0.717, 1.165) is 22.6 Å². The van der Waals surface area contributed by atoms with Gasteiger partial charge in [-0.25, -0.2) is 0 Å². The van der Waals surface area contributed by atoms with Crippen LogP contribution in [0.1, 0.15) is 5.56 Å². The Bertz CT molecular complexity index is 1290. The molecular weight excluding hydrogens is 434 g/mol. The van der Waals surface area contributed by atoms with E-state index in [1.165, 1.54) is 21.6 Å². The van der Waals surface area contributed by atoms with E-state index in [0.29, 0.717) is 0 Å². The highest BCUT2D eigenvalue weighted by molar-refractivity contribution is 7.13. The van der Waals surface area contributed by atoms with E-state index in [2.05, 4.69) is 132 Å². The SMILES string of the molecule is C=Cc1ccc(N(c2ccccc2)c2ccccc2)c(-c2cccs2)c1-c1ccccc1.C=O. The van der Waals surface area contributed by atoms with E-state index in [1.807, 2.05) is 12.9 Å². The molecule has 5 rings (SSSR count). The zero-order valence-corrected chi connectivity index (χ0v) is 19.6. The molecule has 1 aromatic heterocycles. The molecule has 0 aliphatic heterocycles. The van der Waals surface area contributed by atoms with Crippen molar-refractivity contribution in [3.05, 3.63) is 133 Å². The Hall–Kier alpha value is -4.21. The van der Waals surface area contributed by atoms with E-state index in [9.17, 15) is 0 Å². The molecule has 5 aromatic rings. The molecule has 34 heavy (non-hydrogen) atoms. The first-order valence-corrected chi connectivity index (χ1v) is 11.8. The van der Waals surface area contributed by atoms with E-state index in [4.69, 9.17) is 4.79 Å². The van der Waals surface area contributed by atoms with Gasteiger partial charge in [-0.15, -0.1) is 11.3 Å². The fourth-order valence-corrected chi connectivity index (χ4v) is 4.92. The van der Waals surface area contributed by atoms with Crippen molar-refractivity contribution >= 4 is 41.3 Å². The fourth-order valence-electron chi connectivity index (χ4n) is 4.13. The van der Waals surface area contributed by atoms with Crippen LogP contribution in [-0.4, -0.2) is 6.79 Å². The van der Waals surface area contributed by atoms with Gasteiger partial charge in [0.15, 0.2) is 0 Å². The lowest BCUT2D eigenvalue weighted by molar-refractivity contribution is -0.0979. The van der Waals surface area contributed by atoms with Crippen molar-refractivity contribution in [2.75, 3.05) is 4.90 Å². The highest BCUT2D eigenvalue weighted by Crippen LogP contribution is 2.47. The van der Waals surface area contributed by atoms with Crippen molar-refractivity contribution in [1.29, 1.82) is 0 Å². The minimum absolute atomic E-state index is 1.13. The second kappa shape index (κ2) is 11.1. The van der Waals surface area contributed by atoms with Crippen molar-refractivity contribution < 1.29 is 4.79 Å². The zero-order chi connectivity index (χ0) is 23.8. The highest BCUT2D eigenvalue weighted by atomic mass is 32.1. The van der Waals surface area contributed by atoms with Crippen LogP contribution in [-0.2, 0) is 4.79 Å². The summed E-state index contributed by atoms with van der Waals surface area (Å²) in [6.45, 7) is 6.12. The smallest absolute Gasteiger partial charge is 0.106 e. The summed E-state index contributed by atoms with van der Waals surface area (Å²) in [6, 6.07) is 40.5. The van der Waals surface area contributed by atoms with Gasteiger partial charge in [-0.3, -0.25) is 0 Å². The average molecular weight is 460 g/mol. The lowest BCUT2D eigenvalue weighted by Crippen LogP contribution is -2.11. The van der Waals surface area contributed by atoms with Gasteiger partial charge in [0.1, 0.15) is 6.79 Å². The number of para-hydroxylation sites is 2. The van der Waals surface area contributed by atoms with Crippen molar-refractivity contribution in [3.63, 3.8) is 0 Å². The van der Waals surface area contributed by atoms with Crippen LogP contribution < -0.4 is 4.90 Å². The monoisotopic (exact) mass is 459 g/mol. The third kappa shape index (κ3) is 4.61. The summed E-state index contributed by atoms with van der Waals surface area (Å²) in [7, 11) is 0. The first-order valence-electron chi connectivity index (χ1n) is 10.9. The number of rotatable bonds is 6. The number of carbonyl (C=O) groups excluding carboxylic acids is 1. The van der Waals surface area contributed by atoms with Crippen LogP contribution in [0.3, 0.4) is 0 Å². The van der Waals surface area contributed by atoms with Crippen LogP contribution in [0.25, 0.3) is 27.6 Å². The van der Waals surface area contributed by atoms with E-state index in [1.54, 1.807) is 11.3 Å². The van der Waals surface area contributed by atoms with Crippen LogP contribution in [0.5, 0.6) is 0 Å². The van der Waals surface area contributed by atoms with Crippen molar-refractivity contribution in [1.82, 2.24) is 0 Å². The van der Waals surface area contributed by atoms with Gasteiger partial charge in [0.25, 0.3) is 0 Å². The standard InChI is InChI=1S/C30H23NS.CH2O/c1-2-23-20-21-27(31(25-15-8-4-9-16-25)26-17-10-5-11-18-26)30(28-19-12-22-32-28)29(23)24-13-6-3-7-14-24;1-2/h2-22H,1H2;1H2. The number of benzene rings is 4. The van der Waals surface area contributed by atoms with Crippen LogP contribution in [0.15, 0.2) is 127 Å². The molecule has 0 aliphatic rings. The Kier molecular flexibility index (Phi) is 7.49. The summed E-state index contributed by atoms with van der Waals surface area (Å²) < 4.78 is 0. The molecule has 4 aromatic carbocycles. The van der Waals surface area contributed by atoms with Crippen molar-refractivity contribution in [3.8, 4) is 21.6 Å². The maximum Gasteiger partial charge on any atom is 0.106 e.